The number of hydrogen-bond donors (Lipinski definition) is 0. The van der Waals surface area contributed by atoms with Crippen molar-refractivity contribution < 1.29 is 0 Å². The van der Waals surface area contributed by atoms with E-state index in [0.717, 1.165) is 5.56 Å². The predicted molar refractivity (Wildman–Crippen MR) is 173 cm³/mol. The van der Waals surface area contributed by atoms with Gasteiger partial charge in [-0.15, -0.1) is 0 Å². The molecule has 9 aromatic rings. The van der Waals surface area contributed by atoms with Gasteiger partial charge in [-0.3, -0.25) is 0 Å². The summed E-state index contributed by atoms with van der Waals surface area (Å²) in [6.45, 7) is 0. The van der Waals surface area contributed by atoms with Crippen molar-refractivity contribution >= 4 is 75.4 Å². The van der Waals surface area contributed by atoms with E-state index in [-0.39, 0.29) is 0 Å². The standard InChI is InChI=1S/C40H23/c1-2-8-27-16-34-21-38-23-36-19-32-18-31(39-11-5-10-30-14-25-6-3-4-9-28(25)24-40(30)39)13-12-29(32)17-35(36)22-37(38)20-33(34)15-26(27)7-1/h1-12,14-24H. The summed E-state index contributed by atoms with van der Waals surface area (Å²) < 4.78 is 0. The zero-order valence-electron chi connectivity index (χ0n) is 21.8. The Labute approximate surface area is 231 Å². The quantitative estimate of drug-likeness (QED) is 0.195. The van der Waals surface area contributed by atoms with Gasteiger partial charge in [-0.1, -0.05) is 66.7 Å². The molecule has 0 heteroatoms. The fourth-order valence-electron chi connectivity index (χ4n) is 6.49. The molecule has 9 rings (SSSR count). The molecule has 0 aromatic heterocycles. The Morgan fingerprint density at radius 3 is 1.25 bits per heavy atom. The maximum atomic E-state index is 3.61. The maximum Gasteiger partial charge on any atom is -0.00923 e. The number of rotatable bonds is 1. The van der Waals surface area contributed by atoms with Gasteiger partial charge in [0.2, 0.25) is 0 Å². The second kappa shape index (κ2) is 8.15. The monoisotopic (exact) mass is 503 g/mol. The number of benzene rings is 9. The summed E-state index contributed by atoms with van der Waals surface area (Å²) in [7, 11) is 0. The zero-order chi connectivity index (χ0) is 26.2. The van der Waals surface area contributed by atoms with E-state index in [1.807, 2.05) is 0 Å². The van der Waals surface area contributed by atoms with Crippen LogP contribution < -0.4 is 0 Å². The maximum absolute atomic E-state index is 3.61. The van der Waals surface area contributed by atoms with Crippen molar-refractivity contribution in [3.8, 4) is 11.1 Å². The van der Waals surface area contributed by atoms with E-state index < -0.39 is 0 Å². The van der Waals surface area contributed by atoms with E-state index in [1.165, 1.54) is 81.0 Å². The first kappa shape index (κ1) is 21.7. The topological polar surface area (TPSA) is 0 Å². The van der Waals surface area contributed by atoms with Gasteiger partial charge in [-0.25, -0.2) is 0 Å². The van der Waals surface area contributed by atoms with Gasteiger partial charge in [0.15, 0.2) is 0 Å². The van der Waals surface area contributed by atoms with Gasteiger partial charge >= 0.3 is 0 Å². The summed E-state index contributed by atoms with van der Waals surface area (Å²) in [5, 5.41) is 17.7. The van der Waals surface area contributed by atoms with Gasteiger partial charge in [-0.05, 0) is 165 Å². The Bertz CT molecular complexity index is 2480. The van der Waals surface area contributed by atoms with Crippen molar-refractivity contribution in [1.82, 2.24) is 0 Å². The molecule has 0 fully saturated rings. The molecule has 0 saturated heterocycles. The molecule has 0 aliphatic rings. The highest BCUT2D eigenvalue weighted by Crippen LogP contribution is 2.36. The molecule has 1 radical (unpaired) electrons. The number of fused-ring (bicyclic) bond motifs is 7. The van der Waals surface area contributed by atoms with E-state index in [1.54, 1.807) is 0 Å². The lowest BCUT2D eigenvalue weighted by Gasteiger charge is -2.11. The van der Waals surface area contributed by atoms with E-state index in [0.29, 0.717) is 0 Å². The summed E-state index contributed by atoms with van der Waals surface area (Å²) >= 11 is 0. The summed E-state index contributed by atoms with van der Waals surface area (Å²) in [5.41, 5.74) is 2.36. The van der Waals surface area contributed by atoms with Gasteiger partial charge in [0.05, 0.1) is 0 Å². The highest BCUT2D eigenvalue weighted by atomic mass is 14.1. The van der Waals surface area contributed by atoms with Crippen molar-refractivity contribution in [1.29, 1.82) is 0 Å². The van der Waals surface area contributed by atoms with Crippen LogP contribution in [0.15, 0.2) is 140 Å². The first-order valence-corrected chi connectivity index (χ1v) is 13.8. The molecule has 0 amide bonds. The van der Waals surface area contributed by atoms with Gasteiger partial charge < -0.3 is 0 Å². The summed E-state index contributed by atoms with van der Waals surface area (Å²) in [6.07, 6.45) is 0. The SMILES string of the molecule is [c]1cc2cc3cc4cc5cc6ccccc6cc5cc4cc3cc2cc1-c1cccc2cc3ccccc3cc12. The third kappa shape index (κ3) is 3.33. The molecule has 0 heterocycles. The van der Waals surface area contributed by atoms with Crippen LogP contribution in [0.3, 0.4) is 0 Å². The molecule has 0 saturated carbocycles. The lowest BCUT2D eigenvalue weighted by atomic mass is 9.93. The van der Waals surface area contributed by atoms with Crippen LogP contribution >= 0.6 is 0 Å². The fraction of sp³-hybridized carbons (Fsp3) is 0. The minimum Gasteiger partial charge on any atom is -0.0616 e. The third-order valence-corrected chi connectivity index (χ3v) is 8.54. The minimum atomic E-state index is 1.13. The van der Waals surface area contributed by atoms with E-state index >= 15 is 0 Å². The largest absolute Gasteiger partial charge is 0.0616 e. The highest BCUT2D eigenvalue weighted by molar-refractivity contribution is 6.11. The van der Waals surface area contributed by atoms with Crippen LogP contribution in [0.2, 0.25) is 0 Å². The Balaban J connectivity index is 1.23. The molecule has 9 aromatic carbocycles. The molecule has 0 aliphatic heterocycles. The van der Waals surface area contributed by atoms with Gasteiger partial charge in [0, 0.05) is 0 Å². The average Bonchev–Trinajstić information content (AvgIpc) is 2.99. The Hall–Kier alpha value is -5.20. The second-order valence-corrected chi connectivity index (χ2v) is 11.0. The van der Waals surface area contributed by atoms with Gasteiger partial charge in [0.25, 0.3) is 0 Å². The predicted octanol–water partition coefficient (Wildman–Crippen LogP) is 11.2. The summed E-state index contributed by atoms with van der Waals surface area (Å²) in [5.74, 6) is 0. The van der Waals surface area contributed by atoms with Crippen LogP contribution in [-0.2, 0) is 0 Å². The van der Waals surface area contributed by atoms with E-state index in [4.69, 9.17) is 0 Å². The van der Waals surface area contributed by atoms with Gasteiger partial charge in [0.1, 0.15) is 0 Å². The Morgan fingerprint density at radius 2 is 0.700 bits per heavy atom. The molecular formula is C40H23. The van der Waals surface area contributed by atoms with Gasteiger partial charge in [-0.2, -0.15) is 0 Å². The van der Waals surface area contributed by atoms with Crippen LogP contribution in [0, 0.1) is 6.07 Å². The van der Waals surface area contributed by atoms with Crippen molar-refractivity contribution in [2.45, 2.75) is 0 Å². The molecule has 0 nitrogen and oxygen atoms in total. The van der Waals surface area contributed by atoms with Crippen LogP contribution in [0.25, 0.3) is 86.5 Å². The van der Waals surface area contributed by atoms with Crippen LogP contribution in [0.5, 0.6) is 0 Å². The lowest BCUT2D eigenvalue weighted by molar-refractivity contribution is 1.69. The minimum absolute atomic E-state index is 1.13. The van der Waals surface area contributed by atoms with E-state index in [2.05, 4.69) is 146 Å². The fourth-order valence-corrected chi connectivity index (χ4v) is 6.49. The van der Waals surface area contributed by atoms with Crippen molar-refractivity contribution in [2.75, 3.05) is 0 Å². The molecule has 183 valence electrons. The second-order valence-electron chi connectivity index (χ2n) is 11.0. The molecule has 0 bridgehead atoms. The number of hydrogen-bond acceptors (Lipinski definition) is 0. The molecule has 0 atom stereocenters. The molecule has 40 heavy (non-hydrogen) atoms. The third-order valence-electron chi connectivity index (χ3n) is 8.54. The normalized spacial score (nSPS) is 12.0. The zero-order valence-corrected chi connectivity index (χ0v) is 21.8. The molecule has 0 N–H and O–H groups in total. The van der Waals surface area contributed by atoms with E-state index in [9.17, 15) is 0 Å². The molecule has 0 unspecified atom stereocenters. The Kier molecular flexibility index (Phi) is 4.42. The van der Waals surface area contributed by atoms with Crippen LogP contribution in [0.1, 0.15) is 0 Å². The lowest BCUT2D eigenvalue weighted by Crippen LogP contribution is -1.85. The Morgan fingerprint density at radius 1 is 0.300 bits per heavy atom. The summed E-state index contributed by atoms with van der Waals surface area (Å²) in [4.78, 5) is 0. The van der Waals surface area contributed by atoms with Crippen molar-refractivity contribution in [3.05, 3.63) is 146 Å². The first-order chi connectivity index (χ1) is 19.7. The summed E-state index contributed by atoms with van der Waals surface area (Å²) in [6, 6.07) is 55.1. The molecule has 0 aliphatic carbocycles. The smallest absolute Gasteiger partial charge is 0.00923 e. The van der Waals surface area contributed by atoms with Crippen LogP contribution in [-0.4, -0.2) is 0 Å². The highest BCUT2D eigenvalue weighted by Gasteiger charge is 2.09. The molecular weight excluding hydrogens is 480 g/mol. The van der Waals surface area contributed by atoms with Crippen molar-refractivity contribution in [2.24, 2.45) is 0 Å². The molecule has 0 spiro atoms. The first-order valence-electron chi connectivity index (χ1n) is 13.8. The van der Waals surface area contributed by atoms with Crippen molar-refractivity contribution in [3.63, 3.8) is 0 Å². The average molecular weight is 504 g/mol. The van der Waals surface area contributed by atoms with Crippen LogP contribution in [0.4, 0.5) is 0 Å².